The number of nitrogens with zero attached hydrogens (tertiary/aromatic N) is 3. The maximum atomic E-state index is 11.3. The standard InChI is InChI=1S/C13H16N4O2/c1-17-8-5-10(16-17)3-6-14-11-4-7-15-12(9-11)13(18)19-2/h4-5,7-9H,3,6H2,1-2H3,(H,14,15). The van der Waals surface area contributed by atoms with Crippen molar-refractivity contribution in [3.05, 3.63) is 42.0 Å². The molecular weight excluding hydrogens is 244 g/mol. The normalized spacial score (nSPS) is 10.2. The molecule has 0 aliphatic rings. The van der Waals surface area contributed by atoms with Gasteiger partial charge < -0.3 is 10.1 Å². The highest BCUT2D eigenvalue weighted by Gasteiger charge is 2.07. The molecule has 0 unspecified atom stereocenters. The third-order valence-corrected chi connectivity index (χ3v) is 2.63. The molecule has 100 valence electrons. The maximum absolute atomic E-state index is 11.3. The van der Waals surface area contributed by atoms with Gasteiger partial charge in [-0.2, -0.15) is 5.10 Å². The molecule has 0 fully saturated rings. The van der Waals surface area contributed by atoms with E-state index >= 15 is 0 Å². The molecule has 2 aromatic heterocycles. The number of anilines is 1. The Hall–Kier alpha value is -2.37. The van der Waals surface area contributed by atoms with Crippen LogP contribution in [0.5, 0.6) is 0 Å². The van der Waals surface area contributed by atoms with E-state index in [1.54, 1.807) is 16.9 Å². The Balaban J connectivity index is 1.90. The number of esters is 1. The van der Waals surface area contributed by atoms with Gasteiger partial charge in [0.1, 0.15) is 5.69 Å². The third kappa shape index (κ3) is 3.54. The van der Waals surface area contributed by atoms with Gasteiger partial charge in [0.15, 0.2) is 0 Å². The first-order valence-electron chi connectivity index (χ1n) is 5.96. The van der Waals surface area contributed by atoms with Gasteiger partial charge in [-0.25, -0.2) is 9.78 Å². The van der Waals surface area contributed by atoms with Crippen molar-refractivity contribution in [1.29, 1.82) is 0 Å². The fourth-order valence-electron chi connectivity index (χ4n) is 1.69. The van der Waals surface area contributed by atoms with E-state index in [0.717, 1.165) is 24.3 Å². The molecule has 0 atom stereocenters. The Labute approximate surface area is 111 Å². The van der Waals surface area contributed by atoms with Crippen molar-refractivity contribution in [3.63, 3.8) is 0 Å². The van der Waals surface area contributed by atoms with Gasteiger partial charge in [-0.05, 0) is 18.2 Å². The summed E-state index contributed by atoms with van der Waals surface area (Å²) in [6, 6.07) is 5.46. The second-order valence-electron chi connectivity index (χ2n) is 4.08. The summed E-state index contributed by atoms with van der Waals surface area (Å²) < 4.78 is 6.40. The molecule has 2 aromatic rings. The van der Waals surface area contributed by atoms with Crippen molar-refractivity contribution < 1.29 is 9.53 Å². The minimum absolute atomic E-state index is 0.297. The number of carbonyl (C=O) groups excluding carboxylic acids is 1. The Morgan fingerprint density at radius 3 is 3.00 bits per heavy atom. The van der Waals surface area contributed by atoms with E-state index in [1.807, 2.05) is 25.4 Å². The number of nitrogens with one attached hydrogen (secondary N) is 1. The molecule has 0 aromatic carbocycles. The monoisotopic (exact) mass is 260 g/mol. The zero-order chi connectivity index (χ0) is 13.7. The molecule has 6 heteroatoms. The average molecular weight is 260 g/mol. The van der Waals surface area contributed by atoms with Gasteiger partial charge in [-0.1, -0.05) is 0 Å². The fourth-order valence-corrected chi connectivity index (χ4v) is 1.69. The smallest absolute Gasteiger partial charge is 0.356 e. The van der Waals surface area contributed by atoms with Crippen LogP contribution in [0.4, 0.5) is 5.69 Å². The summed E-state index contributed by atoms with van der Waals surface area (Å²) in [7, 11) is 3.23. The molecule has 19 heavy (non-hydrogen) atoms. The number of aryl methyl sites for hydroxylation is 1. The van der Waals surface area contributed by atoms with Crippen LogP contribution in [0.25, 0.3) is 0 Å². The SMILES string of the molecule is COC(=O)c1cc(NCCc2ccn(C)n2)ccn1. The van der Waals surface area contributed by atoms with Crippen LogP contribution < -0.4 is 5.32 Å². The molecular formula is C13H16N4O2. The number of ether oxygens (including phenoxy) is 1. The van der Waals surface area contributed by atoms with Gasteiger partial charge in [-0.15, -0.1) is 0 Å². The van der Waals surface area contributed by atoms with E-state index in [1.165, 1.54) is 7.11 Å². The molecule has 0 saturated heterocycles. The van der Waals surface area contributed by atoms with Crippen LogP contribution >= 0.6 is 0 Å². The van der Waals surface area contributed by atoms with Gasteiger partial charge in [0.25, 0.3) is 0 Å². The molecule has 2 rings (SSSR count). The summed E-state index contributed by atoms with van der Waals surface area (Å²) in [5.74, 6) is -0.437. The van der Waals surface area contributed by atoms with Crippen molar-refractivity contribution in [2.24, 2.45) is 7.05 Å². The van der Waals surface area contributed by atoms with Crippen molar-refractivity contribution in [1.82, 2.24) is 14.8 Å². The quantitative estimate of drug-likeness (QED) is 0.819. The number of rotatable bonds is 5. The molecule has 0 saturated carbocycles. The van der Waals surface area contributed by atoms with E-state index < -0.39 is 5.97 Å². The highest BCUT2D eigenvalue weighted by molar-refractivity contribution is 5.88. The molecule has 0 amide bonds. The molecule has 0 spiro atoms. The predicted octanol–water partition coefficient (Wildman–Crippen LogP) is 1.26. The van der Waals surface area contributed by atoms with Crippen LogP contribution in [-0.4, -0.2) is 34.4 Å². The fraction of sp³-hybridized carbons (Fsp3) is 0.308. The maximum Gasteiger partial charge on any atom is 0.356 e. The van der Waals surface area contributed by atoms with Crippen LogP contribution in [0, 0.1) is 0 Å². The van der Waals surface area contributed by atoms with Crippen LogP contribution in [0.3, 0.4) is 0 Å². The average Bonchev–Trinajstić information content (AvgIpc) is 2.84. The summed E-state index contributed by atoms with van der Waals surface area (Å²) in [5.41, 5.74) is 2.16. The number of aromatic nitrogens is 3. The van der Waals surface area contributed by atoms with Gasteiger partial charge in [-0.3, -0.25) is 4.68 Å². The lowest BCUT2D eigenvalue weighted by Crippen LogP contribution is -2.08. The summed E-state index contributed by atoms with van der Waals surface area (Å²) in [6.07, 6.45) is 4.31. The summed E-state index contributed by atoms with van der Waals surface area (Å²) in [4.78, 5) is 15.3. The largest absolute Gasteiger partial charge is 0.464 e. The number of carbonyl (C=O) groups is 1. The van der Waals surface area contributed by atoms with E-state index in [4.69, 9.17) is 0 Å². The number of hydrogen-bond acceptors (Lipinski definition) is 5. The van der Waals surface area contributed by atoms with Gasteiger partial charge >= 0.3 is 5.97 Å². The number of pyridine rings is 1. The van der Waals surface area contributed by atoms with Crippen LogP contribution in [0.15, 0.2) is 30.6 Å². The van der Waals surface area contributed by atoms with E-state index in [-0.39, 0.29) is 0 Å². The van der Waals surface area contributed by atoms with Gasteiger partial charge in [0, 0.05) is 38.1 Å². The summed E-state index contributed by atoms with van der Waals surface area (Å²) in [5, 5.41) is 7.52. The molecule has 1 N–H and O–H groups in total. The van der Waals surface area contributed by atoms with Crippen molar-refractivity contribution in [2.75, 3.05) is 19.0 Å². The van der Waals surface area contributed by atoms with Gasteiger partial charge in [0.2, 0.25) is 0 Å². The summed E-state index contributed by atoms with van der Waals surface area (Å²) in [6.45, 7) is 0.738. The Morgan fingerprint density at radius 1 is 1.47 bits per heavy atom. The van der Waals surface area contributed by atoms with Crippen LogP contribution in [-0.2, 0) is 18.2 Å². The Kier molecular flexibility index (Phi) is 4.12. The minimum atomic E-state index is -0.437. The highest BCUT2D eigenvalue weighted by atomic mass is 16.5. The molecule has 0 radical (unpaired) electrons. The first-order chi connectivity index (χ1) is 9.19. The Morgan fingerprint density at radius 2 is 2.32 bits per heavy atom. The second kappa shape index (κ2) is 5.99. The van der Waals surface area contributed by atoms with Gasteiger partial charge in [0.05, 0.1) is 12.8 Å². The Bertz CT molecular complexity index is 565. The first kappa shape index (κ1) is 13.1. The van der Waals surface area contributed by atoms with Crippen molar-refractivity contribution in [2.45, 2.75) is 6.42 Å². The molecule has 0 aliphatic carbocycles. The van der Waals surface area contributed by atoms with E-state index in [0.29, 0.717) is 5.69 Å². The molecule has 0 bridgehead atoms. The first-order valence-corrected chi connectivity index (χ1v) is 5.96. The molecule has 0 aliphatic heterocycles. The van der Waals surface area contributed by atoms with Crippen LogP contribution in [0.1, 0.15) is 16.2 Å². The second-order valence-corrected chi connectivity index (χ2v) is 4.08. The topological polar surface area (TPSA) is 69.0 Å². The zero-order valence-corrected chi connectivity index (χ0v) is 11.0. The minimum Gasteiger partial charge on any atom is -0.464 e. The lowest BCUT2D eigenvalue weighted by molar-refractivity contribution is 0.0594. The number of methoxy groups -OCH3 is 1. The molecule has 2 heterocycles. The van der Waals surface area contributed by atoms with E-state index in [2.05, 4.69) is 20.1 Å². The van der Waals surface area contributed by atoms with Crippen molar-refractivity contribution in [3.8, 4) is 0 Å². The van der Waals surface area contributed by atoms with E-state index in [9.17, 15) is 4.79 Å². The predicted molar refractivity (Wildman–Crippen MR) is 71.0 cm³/mol. The lowest BCUT2D eigenvalue weighted by atomic mass is 10.3. The summed E-state index contributed by atoms with van der Waals surface area (Å²) >= 11 is 0. The molecule has 6 nitrogen and oxygen atoms in total. The van der Waals surface area contributed by atoms with Crippen molar-refractivity contribution >= 4 is 11.7 Å². The number of hydrogen-bond donors (Lipinski definition) is 1. The zero-order valence-electron chi connectivity index (χ0n) is 11.0. The highest BCUT2D eigenvalue weighted by Crippen LogP contribution is 2.09. The lowest BCUT2D eigenvalue weighted by Gasteiger charge is -2.06. The third-order valence-electron chi connectivity index (χ3n) is 2.63. The van der Waals surface area contributed by atoms with Crippen LogP contribution in [0.2, 0.25) is 0 Å².